The third-order valence-corrected chi connectivity index (χ3v) is 2.30. The van der Waals surface area contributed by atoms with E-state index in [1.165, 1.54) is 12.2 Å². The van der Waals surface area contributed by atoms with Crippen molar-refractivity contribution in [1.82, 2.24) is 0 Å². The number of isocyanates is 2. The minimum atomic E-state index is 0.236. The third-order valence-electron chi connectivity index (χ3n) is 2.30. The van der Waals surface area contributed by atoms with Gasteiger partial charge in [-0.25, -0.2) is 9.59 Å². The highest BCUT2D eigenvalue weighted by atomic mass is 16.1. The topological polar surface area (TPSA) is 58.9 Å². The van der Waals surface area contributed by atoms with Gasteiger partial charge in [-0.05, 0) is 30.0 Å². The monoisotopic (exact) mass is 216 g/mol. The molecule has 4 heteroatoms. The fourth-order valence-corrected chi connectivity index (χ4v) is 1.49. The number of rotatable bonds is 3. The van der Waals surface area contributed by atoms with Gasteiger partial charge in [-0.15, -0.1) is 0 Å². The number of benzene rings is 1. The van der Waals surface area contributed by atoms with Crippen molar-refractivity contribution in [1.29, 1.82) is 0 Å². The summed E-state index contributed by atoms with van der Waals surface area (Å²) in [6.45, 7) is 5.85. The Kier molecular flexibility index (Phi) is 3.90. The minimum Gasteiger partial charge on any atom is -0.211 e. The first-order valence-electron chi connectivity index (χ1n) is 4.90. The highest BCUT2D eigenvalue weighted by molar-refractivity contribution is 5.65. The molecule has 0 N–H and O–H groups in total. The Morgan fingerprint density at radius 3 is 2.12 bits per heavy atom. The Hall–Kier alpha value is -2.02. The van der Waals surface area contributed by atoms with Gasteiger partial charge in [-0.2, -0.15) is 9.98 Å². The molecule has 1 rings (SSSR count). The van der Waals surface area contributed by atoms with Crippen LogP contribution in [0, 0.1) is 6.92 Å². The first-order valence-corrected chi connectivity index (χ1v) is 4.90. The molecule has 0 fully saturated rings. The molecule has 0 atom stereocenters. The number of aliphatic imine (C=N–C) groups is 2. The normalized spacial score (nSPS) is 9.50. The predicted octanol–water partition coefficient (Wildman–Crippen LogP) is 3.05. The van der Waals surface area contributed by atoms with E-state index >= 15 is 0 Å². The molecule has 0 aliphatic carbocycles. The van der Waals surface area contributed by atoms with Crippen LogP contribution in [0.15, 0.2) is 22.1 Å². The lowest BCUT2D eigenvalue weighted by Crippen LogP contribution is -1.90. The Morgan fingerprint density at radius 1 is 1.06 bits per heavy atom. The van der Waals surface area contributed by atoms with Crippen molar-refractivity contribution in [2.24, 2.45) is 9.98 Å². The summed E-state index contributed by atoms with van der Waals surface area (Å²) in [7, 11) is 0. The maximum Gasteiger partial charge on any atom is 0.240 e. The maximum absolute atomic E-state index is 10.3. The molecule has 1 aromatic carbocycles. The number of hydrogen-bond donors (Lipinski definition) is 0. The molecule has 0 bridgehead atoms. The van der Waals surface area contributed by atoms with Gasteiger partial charge in [0.25, 0.3) is 0 Å². The molecule has 0 aliphatic heterocycles. The van der Waals surface area contributed by atoms with Crippen molar-refractivity contribution in [3.8, 4) is 0 Å². The Bertz CT molecular complexity index is 494. The van der Waals surface area contributed by atoms with Crippen LogP contribution in [-0.4, -0.2) is 12.2 Å². The van der Waals surface area contributed by atoms with Crippen LogP contribution in [0.2, 0.25) is 0 Å². The van der Waals surface area contributed by atoms with Crippen molar-refractivity contribution >= 4 is 23.5 Å². The fourth-order valence-electron chi connectivity index (χ4n) is 1.49. The van der Waals surface area contributed by atoms with Gasteiger partial charge in [-0.1, -0.05) is 19.9 Å². The molecule has 0 spiro atoms. The summed E-state index contributed by atoms with van der Waals surface area (Å²) in [6, 6.07) is 3.47. The summed E-state index contributed by atoms with van der Waals surface area (Å²) in [6.07, 6.45) is 2.98. The van der Waals surface area contributed by atoms with Gasteiger partial charge in [-0.3, -0.25) is 0 Å². The van der Waals surface area contributed by atoms with E-state index in [9.17, 15) is 9.59 Å². The number of carbonyl (C=O) groups excluding carboxylic acids is 2. The summed E-state index contributed by atoms with van der Waals surface area (Å²) in [4.78, 5) is 27.7. The standard InChI is InChI=1S/C12H12N2O2/c1-8(2)10-4-9(3)11(13-6-15)5-12(10)14-7-16/h4-5,8H,1-3H3. The van der Waals surface area contributed by atoms with Crippen molar-refractivity contribution in [2.75, 3.05) is 0 Å². The van der Waals surface area contributed by atoms with Gasteiger partial charge >= 0.3 is 0 Å². The van der Waals surface area contributed by atoms with Crippen LogP contribution in [0.25, 0.3) is 0 Å². The molecule has 4 nitrogen and oxygen atoms in total. The summed E-state index contributed by atoms with van der Waals surface area (Å²) in [5.74, 6) is 0.236. The van der Waals surface area contributed by atoms with Gasteiger partial charge in [0.1, 0.15) is 0 Å². The largest absolute Gasteiger partial charge is 0.240 e. The van der Waals surface area contributed by atoms with Gasteiger partial charge < -0.3 is 0 Å². The molecular weight excluding hydrogens is 204 g/mol. The molecule has 82 valence electrons. The SMILES string of the molecule is Cc1cc(C(C)C)c(N=C=O)cc1N=C=O. The first-order chi connectivity index (χ1) is 7.60. The zero-order valence-electron chi connectivity index (χ0n) is 9.44. The van der Waals surface area contributed by atoms with Crippen LogP contribution in [0.1, 0.15) is 30.9 Å². The lowest BCUT2D eigenvalue weighted by atomic mass is 9.98. The molecule has 0 unspecified atom stereocenters. The smallest absolute Gasteiger partial charge is 0.211 e. The second-order valence-corrected chi connectivity index (χ2v) is 3.76. The second-order valence-electron chi connectivity index (χ2n) is 3.76. The lowest BCUT2D eigenvalue weighted by molar-refractivity contribution is 0.564. The highest BCUT2D eigenvalue weighted by Gasteiger charge is 2.09. The lowest BCUT2D eigenvalue weighted by Gasteiger charge is -2.10. The number of hydrogen-bond acceptors (Lipinski definition) is 4. The van der Waals surface area contributed by atoms with Crippen LogP contribution in [-0.2, 0) is 9.59 Å². The van der Waals surface area contributed by atoms with E-state index in [4.69, 9.17) is 0 Å². The van der Waals surface area contributed by atoms with Gasteiger partial charge in [0.05, 0.1) is 11.4 Å². The zero-order valence-corrected chi connectivity index (χ0v) is 9.44. The van der Waals surface area contributed by atoms with Crippen molar-refractivity contribution < 1.29 is 9.59 Å². The fraction of sp³-hybridized carbons (Fsp3) is 0.333. The molecule has 0 aliphatic rings. The Labute approximate surface area is 93.7 Å². The maximum atomic E-state index is 10.3. The number of aryl methyl sites for hydroxylation is 1. The van der Waals surface area contributed by atoms with E-state index in [0.717, 1.165) is 11.1 Å². The second kappa shape index (κ2) is 5.17. The van der Waals surface area contributed by atoms with Crippen LogP contribution >= 0.6 is 0 Å². The van der Waals surface area contributed by atoms with Crippen LogP contribution < -0.4 is 0 Å². The molecule has 0 saturated heterocycles. The van der Waals surface area contributed by atoms with Crippen LogP contribution in [0.3, 0.4) is 0 Å². The van der Waals surface area contributed by atoms with Gasteiger partial charge in [0.2, 0.25) is 12.2 Å². The van der Waals surface area contributed by atoms with Crippen molar-refractivity contribution in [3.05, 3.63) is 23.3 Å². The highest BCUT2D eigenvalue weighted by Crippen LogP contribution is 2.33. The minimum absolute atomic E-state index is 0.236. The summed E-state index contributed by atoms with van der Waals surface area (Å²) in [5, 5.41) is 0. The van der Waals surface area contributed by atoms with E-state index < -0.39 is 0 Å². The molecule has 16 heavy (non-hydrogen) atoms. The summed E-state index contributed by atoms with van der Waals surface area (Å²) < 4.78 is 0. The molecular formula is C12H12N2O2. The van der Waals surface area contributed by atoms with Gasteiger partial charge in [0.15, 0.2) is 0 Å². The molecule has 0 amide bonds. The van der Waals surface area contributed by atoms with Crippen LogP contribution in [0.5, 0.6) is 0 Å². The average Bonchev–Trinajstić information content (AvgIpc) is 2.23. The van der Waals surface area contributed by atoms with Gasteiger partial charge in [0, 0.05) is 0 Å². The third kappa shape index (κ3) is 2.51. The Balaban J connectivity index is 3.47. The van der Waals surface area contributed by atoms with Crippen molar-refractivity contribution in [2.45, 2.75) is 26.7 Å². The van der Waals surface area contributed by atoms with E-state index in [2.05, 4.69) is 9.98 Å². The van der Waals surface area contributed by atoms with E-state index in [0.29, 0.717) is 11.4 Å². The molecule has 0 saturated carbocycles. The van der Waals surface area contributed by atoms with Crippen LogP contribution in [0.4, 0.5) is 11.4 Å². The predicted molar refractivity (Wildman–Crippen MR) is 60.8 cm³/mol. The van der Waals surface area contributed by atoms with E-state index in [1.807, 2.05) is 26.8 Å². The van der Waals surface area contributed by atoms with E-state index in [1.54, 1.807) is 6.07 Å². The zero-order chi connectivity index (χ0) is 12.1. The first kappa shape index (κ1) is 12.1. The Morgan fingerprint density at radius 2 is 1.62 bits per heavy atom. The number of nitrogens with zero attached hydrogens (tertiary/aromatic N) is 2. The molecule has 0 radical (unpaired) electrons. The quantitative estimate of drug-likeness (QED) is 0.575. The van der Waals surface area contributed by atoms with Crippen molar-refractivity contribution in [3.63, 3.8) is 0 Å². The summed E-state index contributed by atoms with van der Waals surface area (Å²) in [5.41, 5.74) is 2.78. The average molecular weight is 216 g/mol. The molecule has 1 aromatic rings. The molecule has 0 heterocycles. The van der Waals surface area contributed by atoms with E-state index in [-0.39, 0.29) is 5.92 Å². The molecule has 0 aromatic heterocycles. The summed E-state index contributed by atoms with van der Waals surface area (Å²) >= 11 is 0.